The van der Waals surface area contributed by atoms with E-state index in [1.54, 1.807) is 30.9 Å². The minimum Gasteiger partial charge on any atom is -0.342 e. The third-order valence-corrected chi connectivity index (χ3v) is 5.42. The minimum atomic E-state index is -0.473. The molecule has 136 valence electrons. The Bertz CT molecular complexity index is 811. The number of fused-ring (bicyclic) bond motifs is 1. The number of rotatable bonds is 3. The van der Waals surface area contributed by atoms with Crippen molar-refractivity contribution in [2.75, 3.05) is 25.0 Å². The van der Waals surface area contributed by atoms with Gasteiger partial charge in [-0.2, -0.15) is 0 Å². The van der Waals surface area contributed by atoms with Gasteiger partial charge in [-0.25, -0.2) is 9.97 Å². The van der Waals surface area contributed by atoms with Gasteiger partial charge in [0, 0.05) is 64.5 Å². The van der Waals surface area contributed by atoms with Crippen molar-refractivity contribution in [2.45, 2.75) is 31.5 Å². The fraction of sp³-hybridized carbons (Fsp3) is 0.444. The lowest BCUT2D eigenvalue weighted by atomic mass is 9.91. The third kappa shape index (κ3) is 2.81. The van der Waals surface area contributed by atoms with Gasteiger partial charge in [0.2, 0.25) is 5.91 Å². The highest BCUT2D eigenvalue weighted by Gasteiger charge is 2.45. The predicted octanol–water partition coefficient (Wildman–Crippen LogP) is 0.867. The van der Waals surface area contributed by atoms with Gasteiger partial charge in [-0.15, -0.1) is 0 Å². The van der Waals surface area contributed by atoms with Gasteiger partial charge in [-0.1, -0.05) is 0 Å². The lowest BCUT2D eigenvalue weighted by Crippen LogP contribution is -2.67. The molecule has 0 unspecified atom stereocenters. The van der Waals surface area contributed by atoms with Crippen molar-refractivity contribution < 1.29 is 9.59 Å². The summed E-state index contributed by atoms with van der Waals surface area (Å²) >= 11 is 0. The predicted molar refractivity (Wildman–Crippen MR) is 95.5 cm³/mol. The van der Waals surface area contributed by atoms with E-state index in [0.717, 1.165) is 0 Å². The summed E-state index contributed by atoms with van der Waals surface area (Å²) in [6, 6.07) is 3.56. The van der Waals surface area contributed by atoms with E-state index in [9.17, 15) is 9.59 Å². The maximum atomic E-state index is 12.5. The van der Waals surface area contributed by atoms with Crippen LogP contribution in [0.5, 0.6) is 0 Å². The lowest BCUT2D eigenvalue weighted by Gasteiger charge is -2.50. The number of carbonyl (C=O) groups is 2. The second-order valence-electron chi connectivity index (χ2n) is 6.85. The van der Waals surface area contributed by atoms with Crippen LogP contribution in [-0.2, 0) is 11.3 Å². The van der Waals surface area contributed by atoms with Gasteiger partial charge < -0.3 is 19.7 Å². The summed E-state index contributed by atoms with van der Waals surface area (Å²) in [5.74, 6) is 0.749. The van der Waals surface area contributed by atoms with E-state index in [1.165, 1.54) is 0 Å². The SMILES string of the molecule is CN1c2ncccc2C(=O)NC12CCN(C(=O)CCn1ccnc1)CC2. The van der Waals surface area contributed by atoms with Crippen LogP contribution in [0.15, 0.2) is 37.1 Å². The number of nitrogens with one attached hydrogen (secondary N) is 1. The zero-order chi connectivity index (χ0) is 18.1. The Labute approximate surface area is 151 Å². The average molecular weight is 354 g/mol. The van der Waals surface area contributed by atoms with Crippen molar-refractivity contribution in [3.63, 3.8) is 0 Å². The summed E-state index contributed by atoms with van der Waals surface area (Å²) in [5, 5.41) is 3.15. The molecule has 2 amide bonds. The molecule has 1 spiro atoms. The highest BCUT2D eigenvalue weighted by atomic mass is 16.2. The van der Waals surface area contributed by atoms with Crippen LogP contribution < -0.4 is 10.2 Å². The molecule has 1 saturated heterocycles. The average Bonchev–Trinajstić information content (AvgIpc) is 3.19. The Morgan fingerprint density at radius 1 is 1.31 bits per heavy atom. The first-order valence-electron chi connectivity index (χ1n) is 8.84. The largest absolute Gasteiger partial charge is 0.342 e. The third-order valence-electron chi connectivity index (χ3n) is 5.42. The van der Waals surface area contributed by atoms with E-state index < -0.39 is 5.66 Å². The molecule has 8 nitrogen and oxygen atoms in total. The van der Waals surface area contributed by atoms with Crippen molar-refractivity contribution in [1.29, 1.82) is 0 Å². The smallest absolute Gasteiger partial charge is 0.256 e. The Hall–Kier alpha value is -2.90. The molecule has 0 saturated carbocycles. The van der Waals surface area contributed by atoms with Gasteiger partial charge in [-0.05, 0) is 12.1 Å². The molecule has 4 rings (SSSR count). The van der Waals surface area contributed by atoms with Crippen LogP contribution in [0, 0.1) is 0 Å². The van der Waals surface area contributed by atoms with Gasteiger partial charge in [0.1, 0.15) is 11.5 Å². The van der Waals surface area contributed by atoms with Gasteiger partial charge in [0.15, 0.2) is 0 Å². The number of imidazole rings is 1. The van der Waals surface area contributed by atoms with Crippen LogP contribution in [0.2, 0.25) is 0 Å². The molecule has 2 aromatic heterocycles. The molecular weight excluding hydrogens is 332 g/mol. The number of hydrogen-bond acceptors (Lipinski definition) is 5. The van der Waals surface area contributed by atoms with E-state index in [1.807, 2.05) is 22.7 Å². The molecule has 0 bridgehead atoms. The molecule has 2 aliphatic rings. The molecule has 0 aliphatic carbocycles. The maximum absolute atomic E-state index is 12.5. The van der Waals surface area contributed by atoms with E-state index in [4.69, 9.17) is 0 Å². The fourth-order valence-electron chi connectivity index (χ4n) is 3.80. The number of nitrogens with zero attached hydrogens (tertiary/aromatic N) is 5. The first-order valence-corrected chi connectivity index (χ1v) is 8.84. The first-order chi connectivity index (χ1) is 12.6. The van der Waals surface area contributed by atoms with Crippen molar-refractivity contribution in [2.24, 2.45) is 0 Å². The molecule has 0 radical (unpaired) electrons. The standard InChI is InChI=1S/C18H22N6O2/c1-22-16-14(3-2-7-20-16)17(26)21-18(22)5-10-24(11-6-18)15(25)4-9-23-12-8-19-13-23/h2-3,7-8,12-13H,4-6,9-11H2,1H3,(H,21,26). The second kappa shape index (κ2) is 6.44. The van der Waals surface area contributed by atoms with E-state index in [2.05, 4.69) is 20.2 Å². The van der Waals surface area contributed by atoms with Gasteiger partial charge in [-0.3, -0.25) is 9.59 Å². The van der Waals surface area contributed by atoms with Crippen LogP contribution in [0.4, 0.5) is 5.82 Å². The molecule has 0 atom stereocenters. The minimum absolute atomic E-state index is 0.0916. The molecule has 1 N–H and O–H groups in total. The molecule has 2 aromatic rings. The number of anilines is 1. The zero-order valence-electron chi connectivity index (χ0n) is 14.8. The molecule has 0 aromatic carbocycles. The van der Waals surface area contributed by atoms with Gasteiger partial charge >= 0.3 is 0 Å². The van der Waals surface area contributed by atoms with E-state index in [0.29, 0.717) is 50.3 Å². The van der Waals surface area contributed by atoms with E-state index >= 15 is 0 Å². The normalized spacial score (nSPS) is 18.6. The molecule has 26 heavy (non-hydrogen) atoms. The molecule has 4 heterocycles. The summed E-state index contributed by atoms with van der Waals surface area (Å²) in [6.07, 6.45) is 8.81. The molecule has 8 heteroatoms. The van der Waals surface area contributed by atoms with Gasteiger partial charge in [0.25, 0.3) is 5.91 Å². The fourth-order valence-corrected chi connectivity index (χ4v) is 3.80. The number of piperidine rings is 1. The van der Waals surface area contributed by atoms with Gasteiger partial charge in [0.05, 0.1) is 11.9 Å². The summed E-state index contributed by atoms with van der Waals surface area (Å²) in [5.41, 5.74) is 0.124. The van der Waals surface area contributed by atoms with Crippen LogP contribution >= 0.6 is 0 Å². The van der Waals surface area contributed by atoms with Crippen LogP contribution in [0.3, 0.4) is 0 Å². The van der Waals surface area contributed by atoms with Crippen molar-refractivity contribution in [1.82, 2.24) is 24.8 Å². The molecule has 1 fully saturated rings. The summed E-state index contributed by atoms with van der Waals surface area (Å²) in [6.45, 7) is 1.87. The molecule has 2 aliphatic heterocycles. The highest BCUT2D eigenvalue weighted by Crippen LogP contribution is 2.34. The Balaban J connectivity index is 1.41. The lowest BCUT2D eigenvalue weighted by molar-refractivity contribution is -0.133. The number of carbonyl (C=O) groups excluding carboxylic acids is 2. The first kappa shape index (κ1) is 16.6. The Morgan fingerprint density at radius 2 is 2.12 bits per heavy atom. The molecular formula is C18H22N6O2. The van der Waals surface area contributed by atoms with Crippen molar-refractivity contribution in [3.05, 3.63) is 42.6 Å². The Morgan fingerprint density at radius 3 is 2.85 bits per heavy atom. The quantitative estimate of drug-likeness (QED) is 0.884. The second-order valence-corrected chi connectivity index (χ2v) is 6.85. The van der Waals surface area contributed by atoms with Crippen LogP contribution in [-0.4, -0.2) is 57.0 Å². The number of amides is 2. The van der Waals surface area contributed by atoms with E-state index in [-0.39, 0.29) is 11.8 Å². The van der Waals surface area contributed by atoms with Crippen molar-refractivity contribution in [3.8, 4) is 0 Å². The van der Waals surface area contributed by atoms with Crippen LogP contribution in [0.25, 0.3) is 0 Å². The summed E-state index contributed by atoms with van der Waals surface area (Å²) in [4.78, 5) is 37.3. The maximum Gasteiger partial charge on any atom is 0.256 e. The van der Waals surface area contributed by atoms with Crippen molar-refractivity contribution >= 4 is 17.6 Å². The number of likely N-dealkylation sites (tertiary alicyclic amines) is 1. The van der Waals surface area contributed by atoms with Crippen LogP contribution in [0.1, 0.15) is 29.6 Å². The summed E-state index contributed by atoms with van der Waals surface area (Å²) < 4.78 is 1.90. The number of aryl methyl sites for hydroxylation is 1. The number of aromatic nitrogens is 3. The monoisotopic (exact) mass is 354 g/mol. The topological polar surface area (TPSA) is 83.4 Å². The summed E-state index contributed by atoms with van der Waals surface area (Å²) in [7, 11) is 1.96. The highest BCUT2D eigenvalue weighted by molar-refractivity contribution is 6.01. The zero-order valence-corrected chi connectivity index (χ0v) is 14.8. The number of hydrogen-bond donors (Lipinski definition) is 1. The number of pyridine rings is 1. The Kier molecular flexibility index (Phi) is 4.10.